The molecule has 0 atom stereocenters. The zero-order valence-electron chi connectivity index (χ0n) is 13.2. The van der Waals surface area contributed by atoms with Gasteiger partial charge in [-0.2, -0.15) is 0 Å². The lowest BCUT2D eigenvalue weighted by molar-refractivity contribution is -0.123. The maximum absolute atomic E-state index is 13.0. The minimum atomic E-state index is -0.943. The number of nitrogens with one attached hydrogen (secondary N) is 1. The van der Waals surface area contributed by atoms with Gasteiger partial charge in [-0.1, -0.05) is 36.4 Å². The van der Waals surface area contributed by atoms with Gasteiger partial charge < -0.3 is 15.3 Å². The van der Waals surface area contributed by atoms with Crippen LogP contribution in [0.25, 0.3) is 0 Å². The molecule has 2 amide bonds. The van der Waals surface area contributed by atoms with Gasteiger partial charge in [0.25, 0.3) is 0 Å². The van der Waals surface area contributed by atoms with Crippen molar-refractivity contribution < 1.29 is 14.7 Å². The summed E-state index contributed by atoms with van der Waals surface area (Å²) >= 11 is 0. The normalized spacial score (nSPS) is 16.4. The second kappa shape index (κ2) is 6.70. The Morgan fingerprint density at radius 1 is 1.04 bits per heavy atom. The molecule has 0 bridgehead atoms. The lowest BCUT2D eigenvalue weighted by Crippen LogP contribution is -2.50. The van der Waals surface area contributed by atoms with Crippen molar-refractivity contribution in [2.75, 3.05) is 18.4 Å². The molecule has 1 aromatic carbocycles. The average Bonchev–Trinajstić information content (AvgIpc) is 2.63. The first-order chi connectivity index (χ1) is 11.6. The van der Waals surface area contributed by atoms with Crippen LogP contribution in [0, 0.1) is 0 Å². The van der Waals surface area contributed by atoms with Crippen LogP contribution in [0.2, 0.25) is 0 Å². The molecule has 1 fully saturated rings. The monoisotopic (exact) mass is 325 g/mol. The van der Waals surface area contributed by atoms with Gasteiger partial charge in [0.15, 0.2) is 0 Å². The maximum atomic E-state index is 13.0. The van der Waals surface area contributed by atoms with E-state index < -0.39 is 11.5 Å². The summed E-state index contributed by atoms with van der Waals surface area (Å²) in [5, 5.41) is 12.0. The molecule has 0 spiro atoms. The van der Waals surface area contributed by atoms with Crippen LogP contribution in [0.5, 0.6) is 0 Å². The van der Waals surface area contributed by atoms with E-state index in [1.807, 2.05) is 36.4 Å². The highest BCUT2D eigenvalue weighted by Crippen LogP contribution is 2.36. The highest BCUT2D eigenvalue weighted by Gasteiger charge is 2.43. The third kappa shape index (κ3) is 3.08. The minimum Gasteiger partial charge on any atom is -0.465 e. The Labute approximate surface area is 140 Å². The Balaban J connectivity index is 1.89. The summed E-state index contributed by atoms with van der Waals surface area (Å²) in [6.07, 6.45) is 1.57. The van der Waals surface area contributed by atoms with Crippen molar-refractivity contribution in [2.45, 2.75) is 18.3 Å². The number of hydrogen-bond acceptors (Lipinski definition) is 3. The van der Waals surface area contributed by atoms with Crippen LogP contribution in [-0.4, -0.2) is 40.1 Å². The van der Waals surface area contributed by atoms with Crippen LogP contribution in [0.15, 0.2) is 54.7 Å². The SMILES string of the molecule is O=C(O)N1CCC(C(=O)Nc2ccccn2)(c2ccccc2)CC1. The van der Waals surface area contributed by atoms with Gasteiger partial charge in [0.2, 0.25) is 5.91 Å². The van der Waals surface area contributed by atoms with E-state index in [0.717, 1.165) is 5.56 Å². The number of nitrogens with zero attached hydrogens (tertiary/aromatic N) is 2. The van der Waals surface area contributed by atoms with E-state index in [1.165, 1.54) is 4.90 Å². The number of carboxylic acid groups (broad SMARTS) is 1. The van der Waals surface area contributed by atoms with Crippen molar-refractivity contribution in [1.29, 1.82) is 0 Å². The Kier molecular flexibility index (Phi) is 4.46. The number of hydrogen-bond donors (Lipinski definition) is 2. The number of likely N-dealkylation sites (tertiary alicyclic amines) is 1. The van der Waals surface area contributed by atoms with E-state index in [-0.39, 0.29) is 5.91 Å². The quantitative estimate of drug-likeness (QED) is 0.909. The summed E-state index contributed by atoms with van der Waals surface area (Å²) in [4.78, 5) is 29.7. The smallest absolute Gasteiger partial charge is 0.407 e. The number of amides is 2. The molecule has 1 aromatic heterocycles. The van der Waals surface area contributed by atoms with Gasteiger partial charge in [-0.05, 0) is 30.5 Å². The number of anilines is 1. The zero-order valence-corrected chi connectivity index (χ0v) is 13.2. The van der Waals surface area contributed by atoms with Gasteiger partial charge in [0.05, 0.1) is 5.41 Å². The largest absolute Gasteiger partial charge is 0.465 e. The van der Waals surface area contributed by atoms with E-state index in [4.69, 9.17) is 5.11 Å². The fourth-order valence-electron chi connectivity index (χ4n) is 3.16. The van der Waals surface area contributed by atoms with Crippen LogP contribution in [0.4, 0.5) is 10.6 Å². The molecule has 0 saturated carbocycles. The lowest BCUT2D eigenvalue weighted by atomic mass is 9.72. The first-order valence-electron chi connectivity index (χ1n) is 7.88. The van der Waals surface area contributed by atoms with Gasteiger partial charge in [-0.25, -0.2) is 9.78 Å². The molecule has 6 nitrogen and oxygen atoms in total. The molecule has 0 unspecified atom stereocenters. The standard InChI is InChI=1S/C18H19N3O3/c22-16(20-15-8-4-5-11-19-15)18(14-6-2-1-3-7-14)9-12-21(13-10-18)17(23)24/h1-8,11H,9-10,12-13H2,(H,23,24)(H,19,20,22). The first kappa shape index (κ1) is 16.0. The van der Waals surface area contributed by atoms with Crippen molar-refractivity contribution in [1.82, 2.24) is 9.88 Å². The molecule has 6 heteroatoms. The second-order valence-corrected chi connectivity index (χ2v) is 5.89. The fraction of sp³-hybridized carbons (Fsp3) is 0.278. The molecular formula is C18H19N3O3. The number of carbonyl (C=O) groups is 2. The zero-order chi connectivity index (χ0) is 17.0. The molecule has 2 aromatic rings. The van der Waals surface area contributed by atoms with Crippen molar-refractivity contribution >= 4 is 17.8 Å². The Hall–Kier alpha value is -2.89. The van der Waals surface area contributed by atoms with Gasteiger partial charge in [-0.3, -0.25) is 4.79 Å². The molecule has 124 valence electrons. The van der Waals surface area contributed by atoms with E-state index in [1.54, 1.807) is 18.3 Å². The Morgan fingerprint density at radius 2 is 1.71 bits per heavy atom. The molecular weight excluding hydrogens is 306 g/mol. The minimum absolute atomic E-state index is 0.141. The molecule has 0 radical (unpaired) electrons. The highest BCUT2D eigenvalue weighted by atomic mass is 16.4. The van der Waals surface area contributed by atoms with E-state index >= 15 is 0 Å². The van der Waals surface area contributed by atoms with E-state index in [9.17, 15) is 9.59 Å². The van der Waals surface area contributed by atoms with Crippen molar-refractivity contribution in [2.24, 2.45) is 0 Å². The third-order valence-electron chi connectivity index (χ3n) is 4.56. The molecule has 3 rings (SSSR count). The fourth-order valence-corrected chi connectivity index (χ4v) is 3.16. The summed E-state index contributed by atoms with van der Waals surface area (Å²) < 4.78 is 0. The average molecular weight is 325 g/mol. The van der Waals surface area contributed by atoms with Crippen molar-refractivity contribution in [3.63, 3.8) is 0 Å². The summed E-state index contributed by atoms with van der Waals surface area (Å²) in [6.45, 7) is 0.666. The number of pyridine rings is 1. The number of piperidine rings is 1. The number of aromatic nitrogens is 1. The van der Waals surface area contributed by atoms with Gasteiger partial charge in [0.1, 0.15) is 5.82 Å². The van der Waals surface area contributed by atoms with Crippen LogP contribution in [0.3, 0.4) is 0 Å². The number of rotatable bonds is 3. The molecule has 1 aliphatic rings. The summed E-state index contributed by atoms with van der Waals surface area (Å²) in [7, 11) is 0. The summed E-state index contributed by atoms with van der Waals surface area (Å²) in [5.74, 6) is 0.357. The Morgan fingerprint density at radius 3 is 2.29 bits per heavy atom. The van der Waals surface area contributed by atoms with E-state index in [2.05, 4.69) is 10.3 Å². The van der Waals surface area contributed by atoms with Crippen molar-refractivity contribution in [3.8, 4) is 0 Å². The number of carbonyl (C=O) groups excluding carboxylic acids is 1. The Bertz CT molecular complexity index is 711. The maximum Gasteiger partial charge on any atom is 0.407 e. The third-order valence-corrected chi connectivity index (χ3v) is 4.56. The predicted molar refractivity (Wildman–Crippen MR) is 89.8 cm³/mol. The summed E-state index contributed by atoms with van der Waals surface area (Å²) in [6, 6.07) is 14.9. The van der Waals surface area contributed by atoms with Gasteiger partial charge in [0, 0.05) is 19.3 Å². The van der Waals surface area contributed by atoms with Crippen molar-refractivity contribution in [3.05, 3.63) is 60.3 Å². The number of benzene rings is 1. The lowest BCUT2D eigenvalue weighted by Gasteiger charge is -2.40. The molecule has 1 aliphatic heterocycles. The molecule has 2 heterocycles. The van der Waals surface area contributed by atoms with Crippen LogP contribution in [-0.2, 0) is 10.2 Å². The molecule has 1 saturated heterocycles. The van der Waals surface area contributed by atoms with E-state index in [0.29, 0.717) is 31.7 Å². The van der Waals surface area contributed by atoms with Crippen LogP contribution < -0.4 is 5.32 Å². The predicted octanol–water partition coefficient (Wildman–Crippen LogP) is 2.73. The topological polar surface area (TPSA) is 82.5 Å². The molecule has 0 aliphatic carbocycles. The van der Waals surface area contributed by atoms with Crippen LogP contribution in [0.1, 0.15) is 18.4 Å². The second-order valence-electron chi connectivity index (χ2n) is 5.89. The molecule has 2 N–H and O–H groups in total. The summed E-state index contributed by atoms with van der Waals surface area (Å²) in [5.41, 5.74) is 0.161. The molecule has 24 heavy (non-hydrogen) atoms. The van der Waals surface area contributed by atoms with Crippen LogP contribution >= 0.6 is 0 Å². The van der Waals surface area contributed by atoms with Gasteiger partial charge in [-0.15, -0.1) is 0 Å². The first-order valence-corrected chi connectivity index (χ1v) is 7.88. The highest BCUT2D eigenvalue weighted by molar-refractivity contribution is 5.98. The van der Waals surface area contributed by atoms with Gasteiger partial charge >= 0.3 is 6.09 Å².